The van der Waals surface area contributed by atoms with Crippen molar-refractivity contribution in [3.63, 3.8) is 0 Å². The minimum atomic E-state index is -1.38. The maximum atomic E-state index is 12.5. The molecule has 3 amide bonds. The van der Waals surface area contributed by atoms with E-state index in [9.17, 15) is 14.5 Å². The molecular formula is C15H19N3O3. The van der Waals surface area contributed by atoms with Crippen molar-refractivity contribution in [3.05, 3.63) is 53.3 Å². The van der Waals surface area contributed by atoms with Crippen molar-refractivity contribution in [1.29, 1.82) is 0 Å². The molecule has 0 aliphatic carbocycles. The third kappa shape index (κ3) is 3.16. The number of carbonyl (C=O) groups is 2. The van der Waals surface area contributed by atoms with Gasteiger partial charge in [-0.05, 0) is 31.5 Å². The molecule has 1 rings (SSSR count). The average molecular weight is 289 g/mol. The van der Waals surface area contributed by atoms with Gasteiger partial charge in [-0.3, -0.25) is 9.69 Å². The summed E-state index contributed by atoms with van der Waals surface area (Å²) in [5.41, 5.74) is 0.913. The highest BCUT2D eigenvalue weighted by molar-refractivity contribution is 6.06. The van der Waals surface area contributed by atoms with Gasteiger partial charge < -0.3 is 0 Å². The first kappa shape index (κ1) is 16.6. The number of urea groups is 1. The first-order valence-electron chi connectivity index (χ1n) is 6.65. The smallest absolute Gasteiger partial charge is 0.269 e. The van der Waals surface area contributed by atoms with Crippen LogP contribution in [-0.4, -0.2) is 27.9 Å². The first-order valence-corrected chi connectivity index (χ1v) is 6.65. The van der Waals surface area contributed by atoms with Gasteiger partial charge in [0, 0.05) is 11.4 Å². The molecule has 1 fully saturated rings. The van der Waals surface area contributed by atoms with Gasteiger partial charge in [-0.25, -0.2) is 9.69 Å². The summed E-state index contributed by atoms with van der Waals surface area (Å²) in [4.78, 5) is 37.8. The zero-order chi connectivity index (χ0) is 16.0. The van der Waals surface area contributed by atoms with Crippen molar-refractivity contribution in [2.45, 2.75) is 33.4 Å². The third-order valence-electron chi connectivity index (χ3n) is 3.05. The fraction of sp³-hybridized carbons (Fsp3) is 0.333. The Hall–Kier alpha value is -2.50. The zero-order valence-electron chi connectivity index (χ0n) is 12.4. The molecule has 0 N–H and O–H groups in total. The molecule has 1 saturated heterocycles. The molecule has 6 nitrogen and oxygen atoms in total. The summed E-state index contributed by atoms with van der Waals surface area (Å²) in [6.07, 6.45) is 7.44. The second-order valence-electron chi connectivity index (χ2n) is 4.37. The normalized spacial score (nSPS) is 20.6. The molecule has 1 aliphatic heterocycles. The van der Waals surface area contributed by atoms with Crippen molar-refractivity contribution in [3.8, 4) is 0 Å². The van der Waals surface area contributed by atoms with Gasteiger partial charge in [-0.15, -0.1) is 4.91 Å². The Morgan fingerprint density at radius 2 is 2.10 bits per heavy atom. The average Bonchev–Trinajstić information content (AvgIpc) is 2.73. The van der Waals surface area contributed by atoms with Crippen LogP contribution in [0.15, 0.2) is 53.5 Å². The van der Waals surface area contributed by atoms with Crippen molar-refractivity contribution in [1.82, 2.24) is 9.80 Å². The Morgan fingerprint density at radius 1 is 1.43 bits per heavy atom. The van der Waals surface area contributed by atoms with E-state index in [0.29, 0.717) is 17.8 Å². The number of imide groups is 1. The first-order chi connectivity index (χ1) is 10.0. The number of nitroso groups, excluding NO2 is 1. The molecule has 0 aromatic carbocycles. The molecular weight excluding hydrogens is 270 g/mol. The van der Waals surface area contributed by atoms with Crippen LogP contribution in [0.2, 0.25) is 0 Å². The minimum Gasteiger partial charge on any atom is -0.269 e. The van der Waals surface area contributed by atoms with E-state index in [4.69, 9.17) is 0 Å². The van der Waals surface area contributed by atoms with Crippen molar-refractivity contribution < 1.29 is 9.59 Å². The summed E-state index contributed by atoms with van der Waals surface area (Å²) in [7, 11) is 0. The molecule has 1 atom stereocenters. The molecule has 0 saturated carbocycles. The predicted molar refractivity (Wildman–Crippen MR) is 80.8 cm³/mol. The molecule has 6 heteroatoms. The Bertz CT molecular complexity index is 546. The molecule has 0 radical (unpaired) electrons. The molecule has 1 unspecified atom stereocenters. The van der Waals surface area contributed by atoms with Gasteiger partial charge in [0.2, 0.25) is 0 Å². The van der Waals surface area contributed by atoms with Gasteiger partial charge in [0.1, 0.15) is 0 Å². The summed E-state index contributed by atoms with van der Waals surface area (Å²) in [6.45, 7) is 8.79. The highest BCUT2D eigenvalue weighted by Gasteiger charge is 2.48. The Morgan fingerprint density at radius 3 is 2.57 bits per heavy atom. The molecule has 0 aromatic heterocycles. The van der Waals surface area contributed by atoms with Crippen LogP contribution < -0.4 is 0 Å². The van der Waals surface area contributed by atoms with Gasteiger partial charge in [0.05, 0.1) is 0 Å². The minimum absolute atomic E-state index is 0.451. The van der Waals surface area contributed by atoms with E-state index in [1.54, 1.807) is 44.2 Å². The Balaban J connectivity index is 3.32. The fourth-order valence-electron chi connectivity index (χ4n) is 1.95. The van der Waals surface area contributed by atoms with Gasteiger partial charge in [-0.2, -0.15) is 0 Å². The molecule has 0 spiro atoms. The lowest BCUT2D eigenvalue weighted by Crippen LogP contribution is -2.32. The third-order valence-corrected chi connectivity index (χ3v) is 3.05. The van der Waals surface area contributed by atoms with Gasteiger partial charge >= 0.3 is 6.03 Å². The van der Waals surface area contributed by atoms with Crippen LogP contribution in [0.5, 0.6) is 0 Å². The van der Waals surface area contributed by atoms with E-state index in [1.807, 2.05) is 6.92 Å². The summed E-state index contributed by atoms with van der Waals surface area (Å²) >= 11 is 0. The van der Waals surface area contributed by atoms with Gasteiger partial charge in [0.25, 0.3) is 12.1 Å². The quantitative estimate of drug-likeness (QED) is 0.428. The summed E-state index contributed by atoms with van der Waals surface area (Å²) in [6, 6.07) is -0.575. The second-order valence-corrected chi connectivity index (χ2v) is 4.37. The predicted octanol–water partition coefficient (Wildman–Crippen LogP) is 3.30. The Labute approximate surface area is 124 Å². The maximum Gasteiger partial charge on any atom is 0.337 e. The fourth-order valence-corrected chi connectivity index (χ4v) is 1.95. The lowest BCUT2D eigenvalue weighted by molar-refractivity contribution is -0.126. The summed E-state index contributed by atoms with van der Waals surface area (Å²) in [5, 5.41) is 2.81. The van der Waals surface area contributed by atoms with E-state index in [0.717, 1.165) is 9.80 Å². The summed E-state index contributed by atoms with van der Waals surface area (Å²) in [5.74, 6) is -0.639. The number of hydrogen-bond acceptors (Lipinski definition) is 4. The van der Waals surface area contributed by atoms with Crippen molar-refractivity contribution >= 4 is 11.9 Å². The van der Waals surface area contributed by atoms with Crippen LogP contribution in [0.3, 0.4) is 0 Å². The van der Waals surface area contributed by atoms with E-state index in [2.05, 4.69) is 11.8 Å². The van der Waals surface area contributed by atoms with E-state index in [1.165, 1.54) is 0 Å². The number of amides is 3. The Kier molecular flexibility index (Phi) is 5.78. The van der Waals surface area contributed by atoms with Crippen LogP contribution in [0, 0.1) is 4.91 Å². The molecule has 1 heterocycles. The van der Waals surface area contributed by atoms with Crippen molar-refractivity contribution in [2.24, 2.45) is 5.18 Å². The number of nitrogens with zero attached hydrogens (tertiary/aromatic N) is 3. The number of hydrogen-bond donors (Lipinski definition) is 0. The molecule has 1 aliphatic rings. The molecule has 0 bridgehead atoms. The highest BCUT2D eigenvalue weighted by Crippen LogP contribution is 2.27. The van der Waals surface area contributed by atoms with Crippen LogP contribution in [0.1, 0.15) is 27.2 Å². The van der Waals surface area contributed by atoms with E-state index >= 15 is 0 Å². The van der Waals surface area contributed by atoms with Gasteiger partial charge in [0.15, 0.2) is 0 Å². The zero-order valence-corrected chi connectivity index (χ0v) is 12.4. The highest BCUT2D eigenvalue weighted by atomic mass is 16.3. The number of carbonyl (C=O) groups excluding carboxylic acids is 2. The molecule has 21 heavy (non-hydrogen) atoms. The van der Waals surface area contributed by atoms with Crippen molar-refractivity contribution in [2.75, 3.05) is 0 Å². The van der Waals surface area contributed by atoms with Crippen LogP contribution >= 0.6 is 0 Å². The van der Waals surface area contributed by atoms with E-state index < -0.39 is 18.1 Å². The van der Waals surface area contributed by atoms with Crippen LogP contribution in [-0.2, 0) is 4.79 Å². The largest absolute Gasteiger partial charge is 0.337 e. The number of allylic oxidation sites excluding steroid dienone is 6. The second kappa shape index (κ2) is 7.33. The van der Waals surface area contributed by atoms with Crippen LogP contribution in [0.25, 0.3) is 0 Å². The molecule has 112 valence electrons. The van der Waals surface area contributed by atoms with Crippen LogP contribution in [0.4, 0.5) is 4.79 Å². The summed E-state index contributed by atoms with van der Waals surface area (Å²) < 4.78 is 0. The SMILES string of the molecule is C=C/C=C\C(=C/CC)N1C(=O)N(/C(C)=C/C)C(=O)C1N=O. The van der Waals surface area contributed by atoms with Gasteiger partial charge in [-0.1, -0.05) is 37.8 Å². The topological polar surface area (TPSA) is 70.1 Å². The monoisotopic (exact) mass is 289 g/mol. The lowest BCUT2D eigenvalue weighted by Gasteiger charge is -2.19. The standard InChI is InChI=1S/C15H19N3O3/c1-5-8-10-12(9-6-2)18-13(16-21)14(19)17(15(18)20)11(4)7-3/h5,7-10,13H,1,6H2,2-4H3/b10-8-,11-7+,12-9+. The maximum absolute atomic E-state index is 12.5. The molecule has 0 aromatic rings. The lowest BCUT2D eigenvalue weighted by atomic mass is 10.2. The number of rotatable bonds is 6. The van der Waals surface area contributed by atoms with E-state index in [-0.39, 0.29) is 0 Å².